The first kappa shape index (κ1) is 24.3. The standard InChI is InChI=1S/C25H18ClFN2O5/c1-33-22-11-16(10-21(26)23(22)34-14-15-4-2-6-19(27)9-15)8-18(13-28)24(30)29-20-7-3-5-17(12-20)25(31)32/h2-12H,14H2,1H3,(H,29,30)(H,31,32)/b18-8-. The first-order chi connectivity index (χ1) is 16.3. The molecular formula is C25H18ClFN2O5. The third-order valence-electron chi connectivity index (χ3n) is 4.57. The van der Waals surface area contributed by atoms with Crippen molar-refractivity contribution in [2.24, 2.45) is 0 Å². The van der Waals surface area contributed by atoms with Crippen LogP contribution in [0.5, 0.6) is 11.5 Å². The number of nitrogens with zero attached hydrogens (tertiary/aromatic N) is 1. The highest BCUT2D eigenvalue weighted by Crippen LogP contribution is 2.37. The molecular weight excluding hydrogens is 463 g/mol. The molecule has 0 bridgehead atoms. The molecule has 0 aliphatic rings. The summed E-state index contributed by atoms with van der Waals surface area (Å²) in [6.45, 7) is 0.0459. The number of anilines is 1. The zero-order valence-electron chi connectivity index (χ0n) is 17.8. The van der Waals surface area contributed by atoms with E-state index in [-0.39, 0.29) is 40.0 Å². The van der Waals surface area contributed by atoms with Gasteiger partial charge in [-0.2, -0.15) is 5.26 Å². The molecule has 0 saturated heterocycles. The number of benzene rings is 3. The number of ether oxygens (including phenoxy) is 2. The molecule has 0 aliphatic heterocycles. The third-order valence-corrected chi connectivity index (χ3v) is 4.85. The van der Waals surface area contributed by atoms with Crippen LogP contribution in [0.3, 0.4) is 0 Å². The van der Waals surface area contributed by atoms with Crippen LogP contribution in [0, 0.1) is 17.1 Å². The number of nitrogens with one attached hydrogen (secondary N) is 1. The van der Waals surface area contributed by atoms with E-state index in [4.69, 9.17) is 26.2 Å². The molecule has 34 heavy (non-hydrogen) atoms. The second kappa shape index (κ2) is 11.0. The van der Waals surface area contributed by atoms with Crippen LogP contribution in [0.4, 0.5) is 10.1 Å². The Balaban J connectivity index is 1.82. The second-order valence-corrected chi connectivity index (χ2v) is 7.37. The van der Waals surface area contributed by atoms with E-state index in [1.807, 2.05) is 6.07 Å². The lowest BCUT2D eigenvalue weighted by molar-refractivity contribution is -0.112. The van der Waals surface area contributed by atoms with E-state index in [0.29, 0.717) is 11.1 Å². The third kappa shape index (κ3) is 6.12. The highest BCUT2D eigenvalue weighted by molar-refractivity contribution is 6.32. The van der Waals surface area contributed by atoms with Gasteiger partial charge in [-0.25, -0.2) is 9.18 Å². The Morgan fingerprint density at radius 2 is 1.94 bits per heavy atom. The molecule has 0 heterocycles. The predicted molar refractivity (Wildman–Crippen MR) is 124 cm³/mol. The normalized spacial score (nSPS) is 10.8. The molecule has 3 aromatic carbocycles. The molecule has 0 aromatic heterocycles. The summed E-state index contributed by atoms with van der Waals surface area (Å²) in [5.74, 6) is -1.79. The molecule has 0 aliphatic carbocycles. The lowest BCUT2D eigenvalue weighted by Crippen LogP contribution is -2.14. The number of hydrogen-bond acceptors (Lipinski definition) is 5. The van der Waals surface area contributed by atoms with Crippen LogP contribution in [0.2, 0.25) is 5.02 Å². The fourth-order valence-electron chi connectivity index (χ4n) is 2.99. The van der Waals surface area contributed by atoms with Crippen molar-refractivity contribution < 1.29 is 28.6 Å². The summed E-state index contributed by atoms with van der Waals surface area (Å²) in [7, 11) is 1.40. The van der Waals surface area contributed by atoms with E-state index >= 15 is 0 Å². The van der Waals surface area contributed by atoms with Gasteiger partial charge in [0.15, 0.2) is 11.5 Å². The summed E-state index contributed by atoms with van der Waals surface area (Å²) < 4.78 is 24.4. The number of rotatable bonds is 8. The fourth-order valence-corrected chi connectivity index (χ4v) is 3.26. The number of aromatic carboxylic acids is 1. The Labute approximate surface area is 199 Å². The SMILES string of the molecule is COc1cc(/C=C(/C#N)C(=O)Nc2cccc(C(=O)O)c2)cc(Cl)c1OCc1cccc(F)c1. The number of carbonyl (C=O) groups is 2. The Bertz CT molecular complexity index is 1320. The van der Waals surface area contributed by atoms with E-state index in [9.17, 15) is 19.2 Å². The molecule has 3 aromatic rings. The van der Waals surface area contributed by atoms with Crippen LogP contribution < -0.4 is 14.8 Å². The van der Waals surface area contributed by atoms with Crippen molar-refractivity contribution in [3.05, 3.63) is 93.8 Å². The number of carbonyl (C=O) groups excluding carboxylic acids is 1. The number of halogens is 2. The van der Waals surface area contributed by atoms with Crippen molar-refractivity contribution in [3.63, 3.8) is 0 Å². The zero-order valence-corrected chi connectivity index (χ0v) is 18.6. The summed E-state index contributed by atoms with van der Waals surface area (Å²) in [4.78, 5) is 23.7. The lowest BCUT2D eigenvalue weighted by atomic mass is 10.1. The van der Waals surface area contributed by atoms with Crippen LogP contribution in [-0.4, -0.2) is 24.1 Å². The van der Waals surface area contributed by atoms with Gasteiger partial charge < -0.3 is 19.9 Å². The van der Waals surface area contributed by atoms with Gasteiger partial charge in [-0.05, 0) is 59.7 Å². The number of amides is 1. The van der Waals surface area contributed by atoms with Crippen molar-refractivity contribution in [3.8, 4) is 17.6 Å². The van der Waals surface area contributed by atoms with E-state index in [2.05, 4.69) is 5.32 Å². The highest BCUT2D eigenvalue weighted by atomic mass is 35.5. The Morgan fingerprint density at radius 3 is 2.62 bits per heavy atom. The van der Waals surface area contributed by atoms with E-state index in [0.717, 1.165) is 0 Å². The maximum Gasteiger partial charge on any atom is 0.335 e. The Kier molecular flexibility index (Phi) is 7.85. The Morgan fingerprint density at radius 1 is 1.18 bits per heavy atom. The average Bonchev–Trinajstić information content (AvgIpc) is 2.81. The smallest absolute Gasteiger partial charge is 0.335 e. The minimum absolute atomic E-state index is 0.00867. The summed E-state index contributed by atoms with van der Waals surface area (Å²) >= 11 is 6.35. The van der Waals surface area contributed by atoms with Crippen molar-refractivity contribution in [2.45, 2.75) is 6.61 Å². The van der Waals surface area contributed by atoms with Crippen LogP contribution in [0.15, 0.2) is 66.2 Å². The summed E-state index contributed by atoms with van der Waals surface area (Å²) in [6.07, 6.45) is 1.31. The molecule has 3 rings (SSSR count). The number of carboxylic acids is 1. The topological polar surface area (TPSA) is 109 Å². The molecule has 9 heteroatoms. The maximum atomic E-state index is 13.4. The minimum atomic E-state index is -1.14. The summed E-state index contributed by atoms with van der Waals surface area (Å²) in [5.41, 5.74) is 0.962. The number of nitriles is 1. The monoisotopic (exact) mass is 480 g/mol. The minimum Gasteiger partial charge on any atom is -0.493 e. The van der Waals surface area contributed by atoms with Crippen LogP contribution >= 0.6 is 11.6 Å². The van der Waals surface area contributed by atoms with E-state index in [1.54, 1.807) is 12.1 Å². The summed E-state index contributed by atoms with van der Waals surface area (Å²) in [6, 6.07) is 16.4. The first-order valence-corrected chi connectivity index (χ1v) is 10.2. The molecule has 0 radical (unpaired) electrons. The van der Waals surface area contributed by atoms with Gasteiger partial charge in [0.2, 0.25) is 0 Å². The fraction of sp³-hybridized carbons (Fsp3) is 0.0800. The number of carboxylic acid groups (broad SMARTS) is 1. The molecule has 0 fully saturated rings. The van der Waals surface area contributed by atoms with Gasteiger partial charge in [0.1, 0.15) is 24.1 Å². The first-order valence-electron chi connectivity index (χ1n) is 9.82. The summed E-state index contributed by atoms with van der Waals surface area (Å²) in [5, 5.41) is 21.2. The van der Waals surface area contributed by atoms with Crippen molar-refractivity contribution in [2.75, 3.05) is 12.4 Å². The lowest BCUT2D eigenvalue weighted by Gasteiger charge is -2.14. The predicted octanol–water partition coefficient (Wildman–Crippen LogP) is 5.31. The van der Waals surface area contributed by atoms with Crippen LogP contribution in [0.1, 0.15) is 21.5 Å². The molecule has 7 nitrogen and oxygen atoms in total. The highest BCUT2D eigenvalue weighted by Gasteiger charge is 2.15. The average molecular weight is 481 g/mol. The van der Waals surface area contributed by atoms with E-state index < -0.39 is 17.7 Å². The van der Waals surface area contributed by atoms with Crippen LogP contribution in [0.25, 0.3) is 6.08 Å². The van der Waals surface area contributed by atoms with Gasteiger partial charge in [-0.15, -0.1) is 0 Å². The largest absolute Gasteiger partial charge is 0.493 e. The molecule has 0 spiro atoms. The van der Waals surface area contributed by atoms with Gasteiger partial charge >= 0.3 is 5.97 Å². The van der Waals surface area contributed by atoms with Gasteiger partial charge in [0.05, 0.1) is 17.7 Å². The van der Waals surface area contributed by atoms with Gasteiger partial charge in [-0.1, -0.05) is 29.8 Å². The molecule has 2 N–H and O–H groups in total. The second-order valence-electron chi connectivity index (χ2n) is 6.96. The molecule has 0 atom stereocenters. The molecule has 1 amide bonds. The van der Waals surface area contributed by atoms with Gasteiger partial charge in [0.25, 0.3) is 5.91 Å². The van der Waals surface area contributed by atoms with Crippen molar-refractivity contribution >= 4 is 35.2 Å². The van der Waals surface area contributed by atoms with Crippen molar-refractivity contribution in [1.82, 2.24) is 0 Å². The molecule has 0 saturated carbocycles. The quantitative estimate of drug-likeness (QED) is 0.334. The number of hydrogen-bond donors (Lipinski definition) is 2. The molecule has 0 unspecified atom stereocenters. The van der Waals surface area contributed by atoms with E-state index in [1.165, 1.54) is 61.7 Å². The van der Waals surface area contributed by atoms with Crippen LogP contribution in [-0.2, 0) is 11.4 Å². The Hall–Kier alpha value is -4.35. The molecule has 172 valence electrons. The van der Waals surface area contributed by atoms with Gasteiger partial charge in [0, 0.05) is 5.69 Å². The number of methoxy groups -OCH3 is 1. The zero-order chi connectivity index (χ0) is 24.7. The van der Waals surface area contributed by atoms with Gasteiger partial charge in [-0.3, -0.25) is 4.79 Å². The maximum absolute atomic E-state index is 13.4. The van der Waals surface area contributed by atoms with Crippen molar-refractivity contribution in [1.29, 1.82) is 5.26 Å².